The molecule has 4 heteroatoms. The molecule has 1 aliphatic rings. The zero-order chi connectivity index (χ0) is 13.0. The fourth-order valence-corrected chi connectivity index (χ4v) is 2.65. The summed E-state index contributed by atoms with van der Waals surface area (Å²) in [6.07, 6.45) is 5.01. The minimum atomic E-state index is -0.435. The van der Waals surface area contributed by atoms with Gasteiger partial charge in [-0.3, -0.25) is 4.79 Å². The number of aliphatic hydroxyl groups is 1. The van der Waals surface area contributed by atoms with Gasteiger partial charge in [-0.1, -0.05) is 28.8 Å². The molecular weight excluding hydrogens is 296 g/mol. The maximum absolute atomic E-state index is 11.0. The lowest BCUT2D eigenvalue weighted by atomic mass is 10.1. The Labute approximate surface area is 115 Å². The maximum atomic E-state index is 11.0. The van der Waals surface area contributed by atoms with Crippen molar-refractivity contribution in [2.75, 3.05) is 0 Å². The normalized spacial score (nSPS) is 24.3. The van der Waals surface area contributed by atoms with Crippen LogP contribution in [0.1, 0.15) is 42.5 Å². The molecule has 0 amide bonds. The molecule has 2 atom stereocenters. The van der Waals surface area contributed by atoms with Crippen LogP contribution in [0.15, 0.2) is 22.7 Å². The minimum absolute atomic E-state index is 0.202. The smallest absolute Gasteiger partial charge is 0.153 e. The van der Waals surface area contributed by atoms with Crippen LogP contribution in [0, 0.1) is 0 Å². The SMILES string of the molecule is O=Cc1cc(Br)ccc1OC1CCCCCC1O. The molecule has 0 saturated heterocycles. The van der Waals surface area contributed by atoms with E-state index in [-0.39, 0.29) is 6.10 Å². The number of benzene rings is 1. The van der Waals surface area contributed by atoms with E-state index in [1.165, 1.54) is 0 Å². The number of carbonyl (C=O) groups is 1. The van der Waals surface area contributed by atoms with Crippen LogP contribution >= 0.6 is 15.9 Å². The predicted molar refractivity (Wildman–Crippen MR) is 73.0 cm³/mol. The Morgan fingerprint density at radius 2 is 2.06 bits per heavy atom. The summed E-state index contributed by atoms with van der Waals surface area (Å²) in [7, 11) is 0. The molecule has 0 bridgehead atoms. The van der Waals surface area contributed by atoms with E-state index in [9.17, 15) is 9.90 Å². The van der Waals surface area contributed by atoms with Crippen molar-refractivity contribution in [1.29, 1.82) is 0 Å². The van der Waals surface area contributed by atoms with Crippen molar-refractivity contribution < 1.29 is 14.6 Å². The molecule has 0 aromatic heterocycles. The average Bonchev–Trinajstić information content (AvgIpc) is 2.57. The first-order chi connectivity index (χ1) is 8.70. The van der Waals surface area contributed by atoms with Gasteiger partial charge in [0.15, 0.2) is 6.29 Å². The summed E-state index contributed by atoms with van der Waals surface area (Å²) in [6, 6.07) is 5.34. The molecule has 1 aromatic carbocycles. The maximum Gasteiger partial charge on any atom is 0.153 e. The van der Waals surface area contributed by atoms with Gasteiger partial charge in [-0.05, 0) is 37.5 Å². The van der Waals surface area contributed by atoms with Gasteiger partial charge in [-0.25, -0.2) is 0 Å². The lowest BCUT2D eigenvalue weighted by molar-refractivity contribution is 0.0315. The van der Waals surface area contributed by atoms with Gasteiger partial charge >= 0.3 is 0 Å². The van der Waals surface area contributed by atoms with E-state index in [0.29, 0.717) is 11.3 Å². The Morgan fingerprint density at radius 3 is 2.83 bits per heavy atom. The van der Waals surface area contributed by atoms with Crippen molar-refractivity contribution in [3.63, 3.8) is 0 Å². The van der Waals surface area contributed by atoms with Crippen molar-refractivity contribution >= 4 is 22.2 Å². The number of aliphatic hydroxyl groups excluding tert-OH is 1. The van der Waals surface area contributed by atoms with Crippen molar-refractivity contribution in [3.05, 3.63) is 28.2 Å². The highest BCUT2D eigenvalue weighted by molar-refractivity contribution is 9.10. The van der Waals surface area contributed by atoms with E-state index in [1.807, 2.05) is 6.07 Å². The Bertz CT molecular complexity index is 420. The van der Waals surface area contributed by atoms with Crippen molar-refractivity contribution in [2.24, 2.45) is 0 Å². The molecule has 0 heterocycles. The second-order valence-corrected chi connectivity index (χ2v) is 5.58. The lowest BCUT2D eigenvalue weighted by Gasteiger charge is -2.22. The van der Waals surface area contributed by atoms with Crippen LogP contribution in [0.2, 0.25) is 0 Å². The molecule has 3 nitrogen and oxygen atoms in total. The number of halogens is 1. The first kappa shape index (κ1) is 13.6. The lowest BCUT2D eigenvalue weighted by Crippen LogP contribution is -2.30. The van der Waals surface area contributed by atoms with Gasteiger partial charge in [0.05, 0.1) is 11.7 Å². The highest BCUT2D eigenvalue weighted by atomic mass is 79.9. The second kappa shape index (κ2) is 6.34. The predicted octanol–water partition coefficient (Wildman–Crippen LogP) is 3.33. The molecule has 2 unspecified atom stereocenters. The summed E-state index contributed by atoms with van der Waals surface area (Å²) < 4.78 is 6.67. The minimum Gasteiger partial charge on any atom is -0.487 e. The number of carbonyl (C=O) groups excluding carboxylic acids is 1. The first-order valence-electron chi connectivity index (χ1n) is 6.30. The molecule has 1 aromatic rings. The van der Waals surface area contributed by atoms with E-state index in [0.717, 1.165) is 42.9 Å². The molecule has 1 N–H and O–H groups in total. The summed E-state index contributed by atoms with van der Waals surface area (Å²) in [6.45, 7) is 0. The molecule has 98 valence electrons. The third-order valence-electron chi connectivity index (χ3n) is 3.29. The van der Waals surface area contributed by atoms with Crippen molar-refractivity contribution in [3.8, 4) is 5.75 Å². The fraction of sp³-hybridized carbons (Fsp3) is 0.500. The van der Waals surface area contributed by atoms with Gasteiger partial charge in [0.2, 0.25) is 0 Å². The number of aldehydes is 1. The van der Waals surface area contributed by atoms with Crippen LogP contribution in [0.5, 0.6) is 5.75 Å². The van der Waals surface area contributed by atoms with Crippen molar-refractivity contribution in [1.82, 2.24) is 0 Å². The molecule has 1 saturated carbocycles. The topological polar surface area (TPSA) is 46.5 Å². The molecule has 18 heavy (non-hydrogen) atoms. The Hall–Kier alpha value is -0.870. The van der Waals surface area contributed by atoms with Crippen LogP contribution in [0.4, 0.5) is 0 Å². The molecule has 2 rings (SSSR count). The summed E-state index contributed by atoms with van der Waals surface area (Å²) >= 11 is 3.32. The van der Waals surface area contributed by atoms with Gasteiger partial charge in [0, 0.05) is 4.47 Å². The van der Waals surface area contributed by atoms with Gasteiger partial charge in [0.25, 0.3) is 0 Å². The number of rotatable bonds is 3. The summed E-state index contributed by atoms with van der Waals surface area (Å²) in [4.78, 5) is 11.0. The van der Waals surface area contributed by atoms with Crippen LogP contribution in [-0.2, 0) is 0 Å². The van der Waals surface area contributed by atoms with E-state index in [1.54, 1.807) is 12.1 Å². The first-order valence-corrected chi connectivity index (χ1v) is 7.09. The highest BCUT2D eigenvalue weighted by Gasteiger charge is 2.24. The van der Waals surface area contributed by atoms with E-state index in [4.69, 9.17) is 4.74 Å². The van der Waals surface area contributed by atoms with E-state index in [2.05, 4.69) is 15.9 Å². The molecule has 0 spiro atoms. The quantitative estimate of drug-likeness (QED) is 0.688. The molecule has 0 aliphatic heterocycles. The second-order valence-electron chi connectivity index (χ2n) is 4.66. The molecule has 0 radical (unpaired) electrons. The molecule has 1 fully saturated rings. The monoisotopic (exact) mass is 312 g/mol. The van der Waals surface area contributed by atoms with Gasteiger partial charge in [-0.15, -0.1) is 0 Å². The Kier molecular flexibility index (Phi) is 4.78. The van der Waals surface area contributed by atoms with Gasteiger partial charge < -0.3 is 9.84 Å². The summed E-state index contributed by atoms with van der Waals surface area (Å²) in [5.41, 5.74) is 0.515. The largest absolute Gasteiger partial charge is 0.487 e. The summed E-state index contributed by atoms with van der Waals surface area (Å²) in [5.74, 6) is 0.555. The average molecular weight is 313 g/mol. The molecule has 1 aliphatic carbocycles. The molecular formula is C14H17BrO3. The number of ether oxygens (including phenoxy) is 1. The zero-order valence-electron chi connectivity index (χ0n) is 10.1. The van der Waals surface area contributed by atoms with Crippen LogP contribution in [0.3, 0.4) is 0 Å². The van der Waals surface area contributed by atoms with Crippen LogP contribution < -0.4 is 4.74 Å². The standard InChI is InChI=1S/C14H17BrO3/c15-11-6-7-13(10(8-11)9-16)18-14-5-3-1-2-4-12(14)17/h6-9,12,14,17H,1-5H2. The Balaban J connectivity index is 2.14. The fourth-order valence-electron chi connectivity index (χ4n) is 2.27. The van der Waals surface area contributed by atoms with Crippen LogP contribution in [0.25, 0.3) is 0 Å². The van der Waals surface area contributed by atoms with E-state index >= 15 is 0 Å². The Morgan fingerprint density at radius 1 is 1.28 bits per heavy atom. The number of hydrogen-bond acceptors (Lipinski definition) is 3. The zero-order valence-corrected chi connectivity index (χ0v) is 11.7. The van der Waals surface area contributed by atoms with Gasteiger partial charge in [0.1, 0.15) is 11.9 Å². The third kappa shape index (κ3) is 3.33. The van der Waals surface area contributed by atoms with E-state index < -0.39 is 6.10 Å². The highest BCUT2D eigenvalue weighted by Crippen LogP contribution is 2.27. The third-order valence-corrected chi connectivity index (χ3v) is 3.79. The summed E-state index contributed by atoms with van der Waals surface area (Å²) in [5, 5.41) is 10.0. The number of hydrogen-bond donors (Lipinski definition) is 1. The van der Waals surface area contributed by atoms with Crippen molar-refractivity contribution in [2.45, 2.75) is 44.3 Å². The van der Waals surface area contributed by atoms with Gasteiger partial charge in [-0.2, -0.15) is 0 Å². The van der Waals surface area contributed by atoms with Crippen LogP contribution in [-0.4, -0.2) is 23.6 Å².